The fraction of sp³-hybridized carbons (Fsp3) is 0.571. The lowest BCUT2D eigenvalue weighted by Crippen LogP contribution is -2.39. The molecule has 2 rings (SSSR count). The minimum Gasteiger partial charge on any atom is -0.392 e. The van der Waals surface area contributed by atoms with Crippen LogP contribution in [0.15, 0.2) is 27.6 Å². The third-order valence-corrected chi connectivity index (χ3v) is 6.25. The number of nitrogens with one attached hydrogen (secondary N) is 1. The highest BCUT2D eigenvalue weighted by molar-refractivity contribution is 9.10. The molecule has 1 aromatic carbocycles. The van der Waals surface area contributed by atoms with Gasteiger partial charge in [-0.15, -0.1) is 0 Å². The van der Waals surface area contributed by atoms with Crippen LogP contribution in [-0.4, -0.2) is 33.3 Å². The lowest BCUT2D eigenvalue weighted by Gasteiger charge is -2.33. The third kappa shape index (κ3) is 4.26. The Hall–Kier alpha value is -0.470. The van der Waals surface area contributed by atoms with Crippen molar-refractivity contribution in [2.24, 2.45) is 5.41 Å². The van der Waals surface area contributed by atoms with Crippen molar-refractivity contribution < 1.29 is 18.3 Å². The van der Waals surface area contributed by atoms with Gasteiger partial charge in [0.1, 0.15) is 0 Å². The van der Waals surface area contributed by atoms with Crippen molar-refractivity contribution in [1.29, 1.82) is 0 Å². The van der Waals surface area contributed by atoms with Gasteiger partial charge in [-0.25, -0.2) is 13.1 Å². The molecule has 118 valence electrons. The zero-order valence-electron chi connectivity index (χ0n) is 11.9. The van der Waals surface area contributed by atoms with Gasteiger partial charge in [-0.1, -0.05) is 13.0 Å². The van der Waals surface area contributed by atoms with Crippen LogP contribution in [0.2, 0.25) is 0 Å². The van der Waals surface area contributed by atoms with E-state index >= 15 is 0 Å². The molecule has 1 saturated heterocycles. The normalized spacial score (nSPS) is 18.6. The van der Waals surface area contributed by atoms with E-state index < -0.39 is 10.0 Å². The molecule has 0 spiro atoms. The summed E-state index contributed by atoms with van der Waals surface area (Å²) in [6.45, 7) is 3.60. The van der Waals surface area contributed by atoms with Crippen LogP contribution in [0.25, 0.3) is 0 Å². The summed E-state index contributed by atoms with van der Waals surface area (Å²) in [6, 6.07) is 4.80. The average molecular weight is 378 g/mol. The molecule has 1 aromatic rings. The Morgan fingerprint density at radius 1 is 1.38 bits per heavy atom. The van der Waals surface area contributed by atoms with E-state index in [4.69, 9.17) is 9.84 Å². The van der Waals surface area contributed by atoms with Crippen molar-refractivity contribution in [3.05, 3.63) is 28.2 Å². The first-order valence-electron chi connectivity index (χ1n) is 6.83. The van der Waals surface area contributed by atoms with Gasteiger partial charge in [0.2, 0.25) is 10.0 Å². The molecule has 1 fully saturated rings. The maximum atomic E-state index is 12.5. The third-order valence-electron chi connectivity index (χ3n) is 3.86. The number of halogens is 1. The molecule has 7 heteroatoms. The fourth-order valence-corrected chi connectivity index (χ4v) is 4.45. The second-order valence-electron chi connectivity index (χ2n) is 5.67. The lowest BCUT2D eigenvalue weighted by atomic mass is 9.83. The summed E-state index contributed by atoms with van der Waals surface area (Å²) >= 11 is 3.25. The van der Waals surface area contributed by atoms with E-state index in [2.05, 4.69) is 27.6 Å². The molecule has 2 N–H and O–H groups in total. The van der Waals surface area contributed by atoms with Crippen LogP contribution in [0, 0.1) is 5.41 Å². The Morgan fingerprint density at radius 3 is 2.67 bits per heavy atom. The predicted octanol–water partition coefficient (Wildman–Crippen LogP) is 2.04. The van der Waals surface area contributed by atoms with Crippen molar-refractivity contribution in [2.45, 2.75) is 31.3 Å². The van der Waals surface area contributed by atoms with Crippen molar-refractivity contribution in [2.75, 3.05) is 19.8 Å². The molecule has 5 nitrogen and oxygen atoms in total. The quantitative estimate of drug-likeness (QED) is 0.822. The number of benzene rings is 1. The van der Waals surface area contributed by atoms with Crippen LogP contribution >= 0.6 is 15.9 Å². The number of hydrogen-bond donors (Lipinski definition) is 2. The molecule has 1 heterocycles. The predicted molar refractivity (Wildman–Crippen MR) is 83.4 cm³/mol. The molecule has 21 heavy (non-hydrogen) atoms. The zero-order valence-corrected chi connectivity index (χ0v) is 14.3. The van der Waals surface area contributed by atoms with E-state index in [9.17, 15) is 8.42 Å². The van der Waals surface area contributed by atoms with Gasteiger partial charge in [0, 0.05) is 24.2 Å². The molecule has 0 aromatic heterocycles. The topological polar surface area (TPSA) is 75.6 Å². The summed E-state index contributed by atoms with van der Waals surface area (Å²) in [4.78, 5) is 0.157. The maximum Gasteiger partial charge on any atom is 0.241 e. The summed E-state index contributed by atoms with van der Waals surface area (Å²) in [5, 5.41) is 9.15. The summed E-state index contributed by atoms with van der Waals surface area (Å²) in [5.41, 5.74) is 0.489. The van der Waals surface area contributed by atoms with Crippen LogP contribution in [0.4, 0.5) is 0 Å². The monoisotopic (exact) mass is 377 g/mol. The second-order valence-corrected chi connectivity index (χ2v) is 8.26. The Labute approximate surface area is 133 Å². The van der Waals surface area contributed by atoms with Gasteiger partial charge in [0.25, 0.3) is 0 Å². The van der Waals surface area contributed by atoms with E-state index in [1.165, 1.54) is 6.07 Å². The number of sulfonamides is 1. The molecule has 0 radical (unpaired) electrons. The zero-order chi connectivity index (χ0) is 15.5. The molecule has 1 aliphatic rings. The van der Waals surface area contributed by atoms with Gasteiger partial charge in [0.15, 0.2) is 0 Å². The minimum absolute atomic E-state index is 0.0770. The van der Waals surface area contributed by atoms with Gasteiger partial charge < -0.3 is 9.84 Å². The number of aliphatic hydroxyl groups excluding tert-OH is 1. The number of rotatable bonds is 5. The molecule has 0 saturated carbocycles. The molecule has 0 atom stereocenters. The first-order valence-corrected chi connectivity index (χ1v) is 9.11. The van der Waals surface area contributed by atoms with Crippen molar-refractivity contribution in [1.82, 2.24) is 4.72 Å². The van der Waals surface area contributed by atoms with Gasteiger partial charge in [-0.2, -0.15) is 0 Å². The Balaban J connectivity index is 2.15. The second kappa shape index (κ2) is 6.75. The van der Waals surface area contributed by atoms with Crippen molar-refractivity contribution in [3.63, 3.8) is 0 Å². The Kier molecular flexibility index (Phi) is 5.43. The van der Waals surface area contributed by atoms with E-state index in [1.807, 2.05) is 0 Å². The molecule has 0 aliphatic carbocycles. The first-order chi connectivity index (χ1) is 9.86. The molecule has 0 unspecified atom stereocenters. The molecular weight excluding hydrogens is 358 g/mol. The van der Waals surface area contributed by atoms with Crippen LogP contribution in [0.5, 0.6) is 0 Å². The van der Waals surface area contributed by atoms with Crippen LogP contribution < -0.4 is 4.72 Å². The van der Waals surface area contributed by atoms with Crippen LogP contribution in [0.3, 0.4) is 0 Å². The summed E-state index contributed by atoms with van der Waals surface area (Å²) in [5.74, 6) is 0. The van der Waals surface area contributed by atoms with Crippen LogP contribution in [-0.2, 0) is 21.4 Å². The lowest BCUT2D eigenvalue weighted by molar-refractivity contribution is 0.0264. The largest absolute Gasteiger partial charge is 0.392 e. The number of aliphatic hydroxyl groups is 1. The fourth-order valence-electron chi connectivity index (χ4n) is 2.24. The maximum absolute atomic E-state index is 12.5. The van der Waals surface area contributed by atoms with E-state index in [1.54, 1.807) is 12.1 Å². The number of ether oxygens (including phenoxy) is 1. The SMILES string of the molecule is CC1(CNS(=O)(=O)c2cc(CO)ccc2Br)CCOCC1. The van der Waals surface area contributed by atoms with E-state index in [0.717, 1.165) is 12.8 Å². The van der Waals surface area contributed by atoms with E-state index in [0.29, 0.717) is 29.8 Å². The van der Waals surface area contributed by atoms with E-state index in [-0.39, 0.29) is 16.9 Å². The molecule has 0 amide bonds. The van der Waals surface area contributed by atoms with Gasteiger partial charge >= 0.3 is 0 Å². The van der Waals surface area contributed by atoms with Gasteiger partial charge in [-0.05, 0) is 51.9 Å². The number of hydrogen-bond acceptors (Lipinski definition) is 4. The Morgan fingerprint density at radius 2 is 2.05 bits per heavy atom. The van der Waals surface area contributed by atoms with Crippen molar-refractivity contribution in [3.8, 4) is 0 Å². The van der Waals surface area contributed by atoms with Gasteiger partial charge in [0.05, 0.1) is 11.5 Å². The highest BCUT2D eigenvalue weighted by Gasteiger charge is 2.29. The molecule has 0 bridgehead atoms. The smallest absolute Gasteiger partial charge is 0.241 e. The van der Waals surface area contributed by atoms with Crippen LogP contribution in [0.1, 0.15) is 25.3 Å². The van der Waals surface area contributed by atoms with Gasteiger partial charge in [-0.3, -0.25) is 0 Å². The van der Waals surface area contributed by atoms with Crippen molar-refractivity contribution >= 4 is 26.0 Å². The first kappa shape index (κ1) is 16.9. The highest BCUT2D eigenvalue weighted by atomic mass is 79.9. The Bertz CT molecular complexity index is 597. The summed E-state index contributed by atoms with van der Waals surface area (Å²) in [6.07, 6.45) is 1.68. The minimum atomic E-state index is -3.61. The molecule has 1 aliphatic heterocycles. The summed E-state index contributed by atoms with van der Waals surface area (Å²) in [7, 11) is -3.61. The standard InChI is InChI=1S/C14H20BrNO4S/c1-14(4-6-20-7-5-14)10-16-21(18,19)13-8-11(9-17)2-3-12(13)15/h2-3,8,16-17H,4-7,9-10H2,1H3. The average Bonchev–Trinajstić information content (AvgIpc) is 2.47. The highest BCUT2D eigenvalue weighted by Crippen LogP contribution is 2.30. The summed E-state index contributed by atoms with van der Waals surface area (Å²) < 4.78 is 33.4. The molecular formula is C14H20BrNO4S.